The summed E-state index contributed by atoms with van der Waals surface area (Å²) in [4.78, 5) is 0. The van der Waals surface area contributed by atoms with Crippen molar-refractivity contribution in [3.63, 3.8) is 0 Å². The molecule has 0 aliphatic heterocycles. The van der Waals surface area contributed by atoms with Crippen molar-refractivity contribution in [2.75, 3.05) is 0 Å². The Morgan fingerprint density at radius 2 is 0.400 bits per heavy atom. The molecule has 0 aliphatic carbocycles. The van der Waals surface area contributed by atoms with E-state index in [2.05, 4.69) is 0 Å². The van der Waals surface area contributed by atoms with Crippen molar-refractivity contribution < 1.29 is 85.5 Å². The van der Waals surface area contributed by atoms with Crippen LogP contribution < -0.4 is 51.4 Å². The Morgan fingerprint density at radius 1 is 0.400 bits per heavy atom. The van der Waals surface area contributed by atoms with Crippen molar-refractivity contribution in [3.8, 4) is 0 Å². The van der Waals surface area contributed by atoms with Crippen molar-refractivity contribution in [3.05, 3.63) is 39.4 Å². The molecule has 0 spiro atoms. The molecule has 0 aromatic heterocycles. The van der Waals surface area contributed by atoms with E-state index in [1.807, 2.05) is 0 Å². The van der Waals surface area contributed by atoms with Crippen LogP contribution in [0.5, 0.6) is 0 Å². The van der Waals surface area contributed by atoms with Crippen molar-refractivity contribution in [2.24, 2.45) is 0 Å². The molecule has 0 unspecified atom stereocenters. The van der Waals surface area contributed by atoms with Gasteiger partial charge in [0.25, 0.3) is 0 Å². The van der Waals surface area contributed by atoms with E-state index in [0.29, 0.717) is 0 Å². The van der Waals surface area contributed by atoms with Crippen LogP contribution in [0, 0.1) is 71.0 Å². The molecule has 0 rings (SSSR count). The number of rotatable bonds is 0. The summed E-state index contributed by atoms with van der Waals surface area (Å²) in [5.41, 5.74) is 0. The zero-order valence-electron chi connectivity index (χ0n) is 7.41. The molecular weight excluding hydrogens is 306 g/mol. The molecule has 9 heteroatoms. The fraction of sp³-hybridized carbons (Fsp3) is 0. The minimum Gasteiger partial charge on any atom is -0.512 e. The van der Waals surface area contributed by atoms with Crippen LogP contribution in [-0.4, -0.2) is 0 Å². The summed E-state index contributed by atoms with van der Waals surface area (Å²) in [5, 5.41) is 37.5. The topological polar surface area (TPSA) is 143 Å². The van der Waals surface area contributed by atoms with Crippen LogP contribution in [0.25, 0.3) is 0 Å². The standard InChI is InChI=1S/6CN.Fe.K.Mn/c6*1-2;;;/q6*-1;+2;+1;+3. The van der Waals surface area contributed by atoms with Gasteiger partial charge in [0.15, 0.2) is 0 Å². The fourth-order valence-corrected chi connectivity index (χ4v) is 0. The Hall–Kier alpha value is -0.385. The maximum atomic E-state index is 6.25. The molecule has 70 valence electrons. The van der Waals surface area contributed by atoms with E-state index >= 15 is 0 Å². The van der Waals surface area contributed by atoms with Gasteiger partial charge in [0, 0.05) is 0 Å². The Labute approximate surface area is 154 Å². The minimum absolute atomic E-state index is 0. The summed E-state index contributed by atoms with van der Waals surface area (Å²) in [7, 11) is 0. The average Bonchev–Trinajstić information content (AvgIpc) is 2.33. The first-order chi connectivity index (χ1) is 6.00. The van der Waals surface area contributed by atoms with Crippen LogP contribution in [0.2, 0.25) is 0 Å². The molecule has 0 aromatic carbocycles. The summed E-state index contributed by atoms with van der Waals surface area (Å²) in [6.45, 7) is 28.5. The van der Waals surface area contributed by atoms with Crippen LogP contribution in [0.4, 0.5) is 0 Å². The van der Waals surface area contributed by atoms with Crippen LogP contribution in [-0.2, 0) is 34.1 Å². The summed E-state index contributed by atoms with van der Waals surface area (Å²) in [5.74, 6) is 0. The van der Waals surface area contributed by atoms with Gasteiger partial charge >= 0.3 is 85.5 Å². The van der Waals surface area contributed by atoms with Gasteiger partial charge in [-0.15, -0.1) is 0 Å². The molecular formula is C6FeKMnN6. The molecule has 0 saturated carbocycles. The SMILES string of the molecule is [C-]#N.[C-]#N.[C-]#N.[C-]#N.[C-]#N.[C-]#N.[Fe+2].[K+].[Mn+3]. The summed E-state index contributed by atoms with van der Waals surface area (Å²) in [6.07, 6.45) is 0. The number of nitrogens with zero attached hydrogens (tertiary/aromatic N) is 6. The molecule has 6 nitrogen and oxygen atoms in total. The molecule has 0 radical (unpaired) electrons. The van der Waals surface area contributed by atoms with Crippen molar-refractivity contribution in [1.29, 1.82) is 31.6 Å². The second-order valence-electron chi connectivity index (χ2n) is 0. The van der Waals surface area contributed by atoms with E-state index in [1.165, 1.54) is 0 Å². The zero-order chi connectivity index (χ0) is 12.0. The molecule has 0 N–H and O–H groups in total. The van der Waals surface area contributed by atoms with Gasteiger partial charge in [-0.2, -0.15) is 0 Å². The Bertz CT molecular complexity index is 103. The molecule has 0 bridgehead atoms. The van der Waals surface area contributed by atoms with Crippen molar-refractivity contribution in [1.82, 2.24) is 0 Å². The van der Waals surface area contributed by atoms with Gasteiger partial charge in [-0.25, -0.2) is 0 Å². The predicted octanol–water partition coefficient (Wildman–Crippen LogP) is -2.42. The minimum atomic E-state index is 0. The maximum absolute atomic E-state index is 6.25. The van der Waals surface area contributed by atoms with Gasteiger partial charge in [0.1, 0.15) is 0 Å². The Balaban J connectivity index is -0.00000000396. The molecule has 0 fully saturated rings. The fourth-order valence-electron chi connectivity index (χ4n) is 0. The second kappa shape index (κ2) is 14600. The quantitative estimate of drug-likeness (QED) is 0.360. The molecule has 0 heterocycles. The third-order valence-corrected chi connectivity index (χ3v) is 0. The molecule has 0 aliphatic rings. The van der Waals surface area contributed by atoms with E-state index in [-0.39, 0.29) is 85.5 Å². The number of hydrogen-bond donors (Lipinski definition) is 0. The first-order valence-electron chi connectivity index (χ1n) is 1.34. The van der Waals surface area contributed by atoms with Crippen LogP contribution in [0.15, 0.2) is 0 Å². The third kappa shape index (κ3) is 12400. The molecule has 0 aromatic rings. The molecule has 0 atom stereocenters. The van der Waals surface area contributed by atoms with E-state index in [1.54, 1.807) is 0 Å². The first kappa shape index (κ1) is 85.9. The van der Waals surface area contributed by atoms with Crippen molar-refractivity contribution >= 4 is 0 Å². The Morgan fingerprint density at radius 3 is 0.400 bits per heavy atom. The van der Waals surface area contributed by atoms with Gasteiger partial charge in [-0.05, 0) is 0 Å². The third-order valence-electron chi connectivity index (χ3n) is 0. The van der Waals surface area contributed by atoms with Crippen LogP contribution in [0.1, 0.15) is 0 Å². The smallest absolute Gasteiger partial charge is 0.512 e. The first-order valence-corrected chi connectivity index (χ1v) is 1.34. The normalized spacial score (nSPS) is 0.800. The molecule has 15 heavy (non-hydrogen) atoms. The van der Waals surface area contributed by atoms with Gasteiger partial charge in [-0.3, -0.25) is 0 Å². The maximum Gasteiger partial charge on any atom is 3.00 e. The van der Waals surface area contributed by atoms with Crippen LogP contribution in [0.3, 0.4) is 0 Å². The zero-order valence-corrected chi connectivity index (χ0v) is 12.8. The molecule has 0 amide bonds. The monoisotopic (exact) mass is 306 g/mol. The predicted molar refractivity (Wildman–Crippen MR) is 29.8 cm³/mol. The van der Waals surface area contributed by atoms with E-state index in [4.69, 9.17) is 71.0 Å². The Kier molecular flexibility index (Phi) is 83900. The van der Waals surface area contributed by atoms with Gasteiger partial charge in [-0.1, -0.05) is 0 Å². The van der Waals surface area contributed by atoms with E-state index in [9.17, 15) is 0 Å². The number of hydrogen-bond acceptors (Lipinski definition) is 6. The van der Waals surface area contributed by atoms with Gasteiger partial charge in [0.05, 0.1) is 0 Å². The van der Waals surface area contributed by atoms with Crippen LogP contribution >= 0.6 is 0 Å². The average molecular weight is 306 g/mol. The molecule has 0 saturated heterocycles. The van der Waals surface area contributed by atoms with E-state index < -0.39 is 0 Å². The van der Waals surface area contributed by atoms with Gasteiger partial charge < -0.3 is 71.0 Å². The summed E-state index contributed by atoms with van der Waals surface area (Å²) < 4.78 is 0. The largest absolute Gasteiger partial charge is 3.00 e. The summed E-state index contributed by atoms with van der Waals surface area (Å²) in [6, 6.07) is 0. The van der Waals surface area contributed by atoms with Crippen molar-refractivity contribution in [2.45, 2.75) is 0 Å². The van der Waals surface area contributed by atoms with Gasteiger partial charge in [0.2, 0.25) is 0 Å². The summed E-state index contributed by atoms with van der Waals surface area (Å²) >= 11 is 0. The second-order valence-corrected chi connectivity index (χ2v) is 0. The van der Waals surface area contributed by atoms with E-state index in [0.717, 1.165) is 0 Å².